The molecule has 2 rings (SSSR count). The molecule has 108 valence electrons. The minimum absolute atomic E-state index is 0.149. The minimum atomic E-state index is -0.553. The summed E-state index contributed by atoms with van der Waals surface area (Å²) in [5.74, 6) is -0.882. The first kappa shape index (κ1) is 15.1. The van der Waals surface area contributed by atoms with E-state index >= 15 is 0 Å². The van der Waals surface area contributed by atoms with Gasteiger partial charge in [-0.3, -0.25) is 14.9 Å². The number of carbonyl (C=O) groups excluding carboxylic acids is 1. The fourth-order valence-electron chi connectivity index (χ4n) is 1.81. The van der Waals surface area contributed by atoms with Crippen LogP contribution in [0.4, 0.5) is 15.8 Å². The predicted molar refractivity (Wildman–Crippen MR) is 79.9 cm³/mol. The Morgan fingerprint density at radius 3 is 2.62 bits per heavy atom. The van der Waals surface area contributed by atoms with Gasteiger partial charge in [-0.1, -0.05) is 0 Å². The summed E-state index contributed by atoms with van der Waals surface area (Å²) in [6, 6.07) is 8.07. The third-order valence-corrected chi connectivity index (χ3v) is 3.50. The molecule has 0 fully saturated rings. The topological polar surface area (TPSA) is 72.2 Å². The second-order valence-corrected chi connectivity index (χ2v) is 5.19. The molecule has 0 unspecified atom stereocenters. The summed E-state index contributed by atoms with van der Waals surface area (Å²) in [5, 5.41) is 13.4. The molecule has 0 bridgehead atoms. The first-order chi connectivity index (χ1) is 9.88. The van der Waals surface area contributed by atoms with Gasteiger partial charge < -0.3 is 5.32 Å². The molecule has 5 nitrogen and oxygen atoms in total. The first-order valence-electron chi connectivity index (χ1n) is 5.90. The van der Waals surface area contributed by atoms with Crippen molar-refractivity contribution >= 4 is 33.2 Å². The van der Waals surface area contributed by atoms with E-state index in [0.717, 1.165) is 0 Å². The standard InChI is InChI=1S/C14H10BrFN2O3/c1-8-6-9(16)2-4-11(8)14(19)17-10-3-5-12(15)13(7-10)18(20)21/h2-7H,1H3,(H,17,19). The van der Waals surface area contributed by atoms with Gasteiger partial charge in [-0.2, -0.15) is 0 Å². The molecule has 7 heteroatoms. The number of hydrogen-bond donors (Lipinski definition) is 1. The van der Waals surface area contributed by atoms with Crippen LogP contribution in [0.25, 0.3) is 0 Å². The molecule has 0 spiro atoms. The Hall–Kier alpha value is -2.28. The smallest absolute Gasteiger partial charge is 0.285 e. The van der Waals surface area contributed by atoms with E-state index in [1.54, 1.807) is 6.92 Å². The van der Waals surface area contributed by atoms with Gasteiger partial charge in [-0.25, -0.2) is 4.39 Å². The SMILES string of the molecule is Cc1cc(F)ccc1C(=O)Nc1ccc(Br)c([N+](=O)[O-])c1. The number of benzene rings is 2. The molecule has 0 aliphatic carbocycles. The van der Waals surface area contributed by atoms with Gasteiger partial charge in [-0.05, 0) is 58.7 Å². The molecule has 0 heterocycles. The number of nitrogens with zero attached hydrogens (tertiary/aromatic N) is 1. The van der Waals surface area contributed by atoms with Crippen LogP contribution in [0.3, 0.4) is 0 Å². The summed E-state index contributed by atoms with van der Waals surface area (Å²) in [4.78, 5) is 22.4. The number of halogens is 2. The van der Waals surface area contributed by atoms with Crippen LogP contribution in [0.5, 0.6) is 0 Å². The zero-order valence-corrected chi connectivity index (χ0v) is 12.5. The Labute approximate surface area is 128 Å². The molecule has 0 atom stereocenters. The maximum atomic E-state index is 13.0. The second kappa shape index (κ2) is 6.01. The largest absolute Gasteiger partial charge is 0.322 e. The van der Waals surface area contributed by atoms with E-state index in [-0.39, 0.29) is 5.69 Å². The van der Waals surface area contributed by atoms with Crippen LogP contribution in [0.15, 0.2) is 40.9 Å². The molecule has 1 amide bonds. The fourth-order valence-corrected chi connectivity index (χ4v) is 2.20. The summed E-state index contributed by atoms with van der Waals surface area (Å²) < 4.78 is 13.3. The van der Waals surface area contributed by atoms with E-state index in [0.29, 0.717) is 21.3 Å². The first-order valence-corrected chi connectivity index (χ1v) is 6.69. The Morgan fingerprint density at radius 2 is 2.00 bits per heavy atom. The number of nitro groups is 1. The van der Waals surface area contributed by atoms with Crippen LogP contribution in [-0.4, -0.2) is 10.8 Å². The predicted octanol–water partition coefficient (Wildman–Crippen LogP) is 4.06. The van der Waals surface area contributed by atoms with Gasteiger partial charge in [-0.15, -0.1) is 0 Å². The molecule has 0 saturated carbocycles. The van der Waals surface area contributed by atoms with Crippen molar-refractivity contribution in [1.82, 2.24) is 0 Å². The molecule has 21 heavy (non-hydrogen) atoms. The lowest BCUT2D eigenvalue weighted by molar-refractivity contribution is -0.385. The van der Waals surface area contributed by atoms with Crippen LogP contribution in [0.2, 0.25) is 0 Å². The van der Waals surface area contributed by atoms with E-state index in [9.17, 15) is 19.3 Å². The highest BCUT2D eigenvalue weighted by atomic mass is 79.9. The summed E-state index contributed by atoms with van der Waals surface area (Å²) in [7, 11) is 0. The maximum Gasteiger partial charge on any atom is 0.285 e. The van der Waals surface area contributed by atoms with Crippen LogP contribution in [0, 0.1) is 22.9 Å². The van der Waals surface area contributed by atoms with Crippen molar-refractivity contribution in [3.63, 3.8) is 0 Å². The number of aryl methyl sites for hydroxylation is 1. The van der Waals surface area contributed by atoms with Gasteiger partial charge >= 0.3 is 0 Å². The number of nitrogens with one attached hydrogen (secondary N) is 1. The summed E-state index contributed by atoms with van der Waals surface area (Å²) >= 11 is 3.07. The number of hydrogen-bond acceptors (Lipinski definition) is 3. The lowest BCUT2D eigenvalue weighted by atomic mass is 10.1. The van der Waals surface area contributed by atoms with Gasteiger partial charge in [0.15, 0.2) is 0 Å². The van der Waals surface area contributed by atoms with Crippen LogP contribution in [-0.2, 0) is 0 Å². The lowest BCUT2D eigenvalue weighted by Gasteiger charge is -2.08. The van der Waals surface area contributed by atoms with Crippen molar-refractivity contribution in [1.29, 1.82) is 0 Å². The molecular weight excluding hydrogens is 343 g/mol. The molecule has 2 aromatic carbocycles. The zero-order chi connectivity index (χ0) is 15.6. The highest BCUT2D eigenvalue weighted by Crippen LogP contribution is 2.28. The van der Waals surface area contributed by atoms with Gasteiger partial charge in [0, 0.05) is 17.3 Å². The third kappa shape index (κ3) is 3.43. The molecule has 0 aliphatic rings. The highest BCUT2D eigenvalue weighted by Gasteiger charge is 2.15. The van der Waals surface area contributed by atoms with Crippen LogP contribution >= 0.6 is 15.9 Å². The molecule has 0 radical (unpaired) electrons. The van der Waals surface area contributed by atoms with Gasteiger partial charge in [0.05, 0.1) is 9.40 Å². The van der Waals surface area contributed by atoms with E-state index in [2.05, 4.69) is 21.2 Å². The van der Waals surface area contributed by atoms with Crippen molar-refractivity contribution < 1.29 is 14.1 Å². The fraction of sp³-hybridized carbons (Fsp3) is 0.0714. The van der Waals surface area contributed by atoms with Crippen molar-refractivity contribution in [2.24, 2.45) is 0 Å². The minimum Gasteiger partial charge on any atom is -0.322 e. The van der Waals surface area contributed by atoms with Crippen molar-refractivity contribution in [2.45, 2.75) is 6.92 Å². The summed E-state index contributed by atoms with van der Waals surface area (Å²) in [6.07, 6.45) is 0. The Morgan fingerprint density at radius 1 is 1.29 bits per heavy atom. The van der Waals surface area contributed by atoms with E-state index < -0.39 is 16.6 Å². The Kier molecular flexibility index (Phi) is 4.32. The van der Waals surface area contributed by atoms with Crippen LogP contribution < -0.4 is 5.32 Å². The number of nitro benzene ring substituents is 1. The summed E-state index contributed by atoms with van der Waals surface area (Å²) in [6.45, 7) is 1.61. The molecule has 0 saturated heterocycles. The van der Waals surface area contributed by atoms with Crippen molar-refractivity contribution in [3.8, 4) is 0 Å². The number of anilines is 1. The third-order valence-electron chi connectivity index (χ3n) is 2.83. The highest BCUT2D eigenvalue weighted by molar-refractivity contribution is 9.10. The second-order valence-electron chi connectivity index (χ2n) is 4.34. The molecular formula is C14H10BrFN2O3. The number of amides is 1. The number of rotatable bonds is 3. The van der Waals surface area contributed by atoms with E-state index in [1.807, 2.05) is 0 Å². The van der Waals surface area contributed by atoms with Crippen LogP contribution in [0.1, 0.15) is 15.9 Å². The Bertz CT molecular complexity index is 734. The molecule has 0 aromatic heterocycles. The maximum absolute atomic E-state index is 13.0. The van der Waals surface area contributed by atoms with Gasteiger partial charge in [0.2, 0.25) is 0 Å². The zero-order valence-electron chi connectivity index (χ0n) is 10.9. The van der Waals surface area contributed by atoms with Crippen molar-refractivity contribution in [2.75, 3.05) is 5.32 Å². The van der Waals surface area contributed by atoms with Gasteiger partial charge in [0.25, 0.3) is 11.6 Å². The molecule has 1 N–H and O–H groups in total. The Balaban J connectivity index is 2.27. The molecule has 2 aromatic rings. The number of carbonyl (C=O) groups is 1. The van der Waals surface area contributed by atoms with Crippen molar-refractivity contribution in [3.05, 3.63) is 67.9 Å². The summed E-state index contributed by atoms with van der Waals surface area (Å²) in [5.41, 5.74) is 0.934. The normalized spacial score (nSPS) is 10.2. The monoisotopic (exact) mass is 352 g/mol. The molecule has 0 aliphatic heterocycles. The van der Waals surface area contributed by atoms with E-state index in [4.69, 9.17) is 0 Å². The quantitative estimate of drug-likeness (QED) is 0.668. The lowest BCUT2D eigenvalue weighted by Crippen LogP contribution is -2.13. The average molecular weight is 353 g/mol. The average Bonchev–Trinajstić information content (AvgIpc) is 2.40. The van der Waals surface area contributed by atoms with Gasteiger partial charge in [0.1, 0.15) is 5.82 Å². The van der Waals surface area contributed by atoms with E-state index in [1.165, 1.54) is 36.4 Å².